The molecule has 8 nitrogen and oxygen atoms in total. The number of carbonyl (C=O) groups is 2. The predicted molar refractivity (Wildman–Crippen MR) is 121 cm³/mol. The molecule has 0 aliphatic heterocycles. The topological polar surface area (TPSA) is 99.0 Å². The van der Waals surface area contributed by atoms with Crippen molar-refractivity contribution >= 4 is 51.4 Å². The van der Waals surface area contributed by atoms with E-state index in [1.807, 2.05) is 11.6 Å². The van der Waals surface area contributed by atoms with Gasteiger partial charge in [-0.1, -0.05) is 36.9 Å². The third-order valence-electron chi connectivity index (χ3n) is 4.12. The summed E-state index contributed by atoms with van der Waals surface area (Å²) in [5.74, 6) is 0.735. The zero-order valence-corrected chi connectivity index (χ0v) is 19.8. The molecule has 0 aliphatic carbocycles. The van der Waals surface area contributed by atoms with Gasteiger partial charge in [0.15, 0.2) is 16.1 Å². The Balaban J connectivity index is 1.61. The molecule has 0 spiro atoms. The highest BCUT2D eigenvalue weighted by molar-refractivity contribution is 7.99. The molecule has 3 heterocycles. The number of esters is 1. The zero-order chi connectivity index (χ0) is 21.8. The van der Waals surface area contributed by atoms with Crippen LogP contribution in [0.5, 0.6) is 0 Å². The maximum absolute atomic E-state index is 12.3. The maximum Gasteiger partial charge on any atom is 0.350 e. The molecule has 3 aromatic rings. The Hall–Kier alpha value is -2.24. The Kier molecular flexibility index (Phi) is 7.27. The van der Waals surface area contributed by atoms with Gasteiger partial charge in [0.1, 0.15) is 4.88 Å². The lowest BCUT2D eigenvalue weighted by Gasteiger charge is -2.03. The lowest BCUT2D eigenvalue weighted by molar-refractivity contribution is -0.113. The van der Waals surface area contributed by atoms with Crippen molar-refractivity contribution in [2.24, 2.45) is 7.05 Å². The van der Waals surface area contributed by atoms with Crippen molar-refractivity contribution in [1.29, 1.82) is 0 Å². The standard InChI is InChI=1S/C19H23N5O3S3/c1-6-27-17(26)15-11(4)20-18(30-15)21-14(25)9-29-19-23-22-16(24(19)5)12-7-13(10(2)3)28-8-12/h7-8,10H,6,9H2,1-5H3,(H,20,21,25). The third kappa shape index (κ3) is 5.08. The quantitative estimate of drug-likeness (QED) is 0.390. The van der Waals surface area contributed by atoms with Crippen molar-refractivity contribution in [3.63, 3.8) is 0 Å². The number of nitrogens with zero attached hydrogens (tertiary/aromatic N) is 4. The Morgan fingerprint density at radius 1 is 1.33 bits per heavy atom. The van der Waals surface area contributed by atoms with Crippen LogP contribution >= 0.6 is 34.4 Å². The van der Waals surface area contributed by atoms with Crippen molar-refractivity contribution in [2.45, 2.75) is 38.8 Å². The zero-order valence-electron chi connectivity index (χ0n) is 17.4. The van der Waals surface area contributed by atoms with Gasteiger partial charge in [0, 0.05) is 22.9 Å². The van der Waals surface area contributed by atoms with Crippen molar-refractivity contribution < 1.29 is 14.3 Å². The largest absolute Gasteiger partial charge is 0.462 e. The number of hydrogen-bond acceptors (Lipinski definition) is 9. The second-order valence-corrected chi connectivity index (χ2v) is 9.63. The molecule has 160 valence electrons. The van der Waals surface area contributed by atoms with E-state index in [4.69, 9.17) is 4.74 Å². The first-order valence-electron chi connectivity index (χ1n) is 9.35. The first kappa shape index (κ1) is 22.4. The average Bonchev–Trinajstić information content (AvgIpc) is 3.39. The predicted octanol–water partition coefficient (Wildman–Crippen LogP) is 4.34. The van der Waals surface area contributed by atoms with Gasteiger partial charge in [0.25, 0.3) is 0 Å². The van der Waals surface area contributed by atoms with E-state index in [-0.39, 0.29) is 11.7 Å². The van der Waals surface area contributed by atoms with Gasteiger partial charge < -0.3 is 14.6 Å². The summed E-state index contributed by atoms with van der Waals surface area (Å²) in [6.45, 7) is 8.06. The molecule has 0 unspecified atom stereocenters. The molecule has 30 heavy (non-hydrogen) atoms. The molecule has 3 rings (SSSR count). The number of nitrogens with one attached hydrogen (secondary N) is 1. The molecule has 1 N–H and O–H groups in total. The molecule has 0 radical (unpaired) electrons. The second kappa shape index (κ2) is 9.71. The fourth-order valence-electron chi connectivity index (χ4n) is 2.59. The Morgan fingerprint density at radius 2 is 2.10 bits per heavy atom. The molecule has 0 aromatic carbocycles. The fraction of sp³-hybridized carbons (Fsp3) is 0.421. The summed E-state index contributed by atoms with van der Waals surface area (Å²) in [7, 11) is 1.89. The first-order valence-corrected chi connectivity index (χ1v) is 12.0. The summed E-state index contributed by atoms with van der Waals surface area (Å²) >= 11 is 4.11. The van der Waals surface area contributed by atoms with Crippen LogP contribution in [-0.2, 0) is 16.6 Å². The number of aryl methyl sites for hydroxylation is 1. The highest BCUT2D eigenvalue weighted by Gasteiger charge is 2.19. The van der Waals surface area contributed by atoms with Crippen molar-refractivity contribution in [1.82, 2.24) is 19.7 Å². The van der Waals surface area contributed by atoms with Crippen LogP contribution in [0, 0.1) is 6.92 Å². The Bertz CT molecular complexity index is 1050. The lowest BCUT2D eigenvalue weighted by Crippen LogP contribution is -2.14. The number of amides is 1. The van der Waals surface area contributed by atoms with Gasteiger partial charge >= 0.3 is 5.97 Å². The van der Waals surface area contributed by atoms with Gasteiger partial charge in [0.05, 0.1) is 18.1 Å². The molecule has 3 aromatic heterocycles. The minimum atomic E-state index is -0.428. The van der Waals surface area contributed by atoms with E-state index in [2.05, 4.69) is 45.8 Å². The summed E-state index contributed by atoms with van der Waals surface area (Å²) < 4.78 is 6.88. The van der Waals surface area contributed by atoms with Crippen LogP contribution in [0.25, 0.3) is 11.4 Å². The van der Waals surface area contributed by atoms with Crippen LogP contribution in [0.15, 0.2) is 16.6 Å². The van der Waals surface area contributed by atoms with E-state index in [1.165, 1.54) is 16.6 Å². The second-order valence-electron chi connectivity index (χ2n) is 6.75. The van der Waals surface area contributed by atoms with E-state index >= 15 is 0 Å². The van der Waals surface area contributed by atoms with Gasteiger partial charge in [-0.25, -0.2) is 9.78 Å². The first-order chi connectivity index (χ1) is 14.3. The van der Waals surface area contributed by atoms with Crippen LogP contribution in [0.2, 0.25) is 0 Å². The number of thiophene rings is 1. The third-order valence-corrected chi connectivity index (χ3v) is 7.42. The number of anilines is 1. The number of thiazole rings is 1. The lowest BCUT2D eigenvalue weighted by atomic mass is 10.1. The monoisotopic (exact) mass is 465 g/mol. The maximum atomic E-state index is 12.3. The number of aromatic nitrogens is 4. The summed E-state index contributed by atoms with van der Waals surface area (Å²) in [6.07, 6.45) is 0. The molecule has 0 aliphatic rings. The van der Waals surface area contributed by atoms with Gasteiger partial charge in [-0.3, -0.25) is 4.79 Å². The van der Waals surface area contributed by atoms with Gasteiger partial charge in [-0.05, 0) is 25.8 Å². The molecule has 1 amide bonds. The Labute approximate surface area is 187 Å². The van der Waals surface area contributed by atoms with E-state index in [0.717, 1.165) is 22.7 Å². The van der Waals surface area contributed by atoms with Gasteiger partial charge in [-0.15, -0.1) is 21.5 Å². The molecule has 0 saturated heterocycles. The van der Waals surface area contributed by atoms with Crippen molar-refractivity contribution in [2.75, 3.05) is 17.7 Å². The van der Waals surface area contributed by atoms with Crippen molar-refractivity contribution in [3.05, 3.63) is 26.9 Å². The van der Waals surface area contributed by atoms with Crippen LogP contribution in [0.3, 0.4) is 0 Å². The molecule has 0 saturated carbocycles. The van der Waals surface area contributed by atoms with E-state index in [9.17, 15) is 9.59 Å². The average molecular weight is 466 g/mol. The van der Waals surface area contributed by atoms with Crippen LogP contribution in [0.1, 0.15) is 46.9 Å². The number of carbonyl (C=O) groups excluding carboxylic acids is 2. The summed E-state index contributed by atoms with van der Waals surface area (Å²) in [6, 6.07) is 2.13. The number of hydrogen-bond donors (Lipinski definition) is 1. The van der Waals surface area contributed by atoms with Crippen molar-refractivity contribution in [3.8, 4) is 11.4 Å². The molecule has 0 bridgehead atoms. The summed E-state index contributed by atoms with van der Waals surface area (Å²) in [5.41, 5.74) is 1.57. The molecular formula is C19H23N5O3S3. The van der Waals surface area contributed by atoms with E-state index in [1.54, 1.807) is 25.2 Å². The van der Waals surface area contributed by atoms with E-state index in [0.29, 0.717) is 33.4 Å². The molecule has 0 atom stereocenters. The highest BCUT2D eigenvalue weighted by atomic mass is 32.2. The van der Waals surface area contributed by atoms with Crippen LogP contribution in [0.4, 0.5) is 5.13 Å². The summed E-state index contributed by atoms with van der Waals surface area (Å²) in [5, 5.41) is 14.3. The normalized spacial score (nSPS) is 11.1. The minimum absolute atomic E-state index is 0.153. The SMILES string of the molecule is CCOC(=O)c1sc(NC(=O)CSc2nnc(-c3csc(C(C)C)c3)n2C)nc1C. The van der Waals surface area contributed by atoms with Gasteiger partial charge in [-0.2, -0.15) is 0 Å². The smallest absolute Gasteiger partial charge is 0.350 e. The number of rotatable bonds is 8. The van der Waals surface area contributed by atoms with E-state index < -0.39 is 5.97 Å². The van der Waals surface area contributed by atoms with Crippen LogP contribution in [-0.4, -0.2) is 44.0 Å². The number of ether oxygens (including phenoxy) is 1. The molecule has 11 heteroatoms. The molecule has 0 fully saturated rings. The highest BCUT2D eigenvalue weighted by Crippen LogP contribution is 2.30. The minimum Gasteiger partial charge on any atom is -0.462 e. The van der Waals surface area contributed by atoms with Crippen LogP contribution < -0.4 is 5.32 Å². The van der Waals surface area contributed by atoms with Gasteiger partial charge in [0.2, 0.25) is 5.91 Å². The Morgan fingerprint density at radius 3 is 2.77 bits per heavy atom. The fourth-order valence-corrected chi connectivity index (χ4v) is 5.08. The summed E-state index contributed by atoms with van der Waals surface area (Å²) in [4.78, 5) is 30.1. The number of thioether (sulfide) groups is 1. The molecular weight excluding hydrogens is 442 g/mol.